The first-order chi connectivity index (χ1) is 18.0. The van der Waals surface area contributed by atoms with Crippen LogP contribution >= 0.6 is 11.3 Å². The molecule has 10 heteroatoms. The molecular weight excluding hydrogens is 493 g/mol. The molecule has 2 N–H and O–H groups in total. The van der Waals surface area contributed by atoms with Gasteiger partial charge in [-0.1, -0.05) is 18.2 Å². The smallest absolute Gasteiger partial charge is 0.233 e. The Bertz CT molecular complexity index is 1580. The molecule has 37 heavy (non-hydrogen) atoms. The Kier molecular flexibility index (Phi) is 6.91. The van der Waals surface area contributed by atoms with Crippen molar-refractivity contribution in [3.05, 3.63) is 85.2 Å². The summed E-state index contributed by atoms with van der Waals surface area (Å²) in [6, 6.07) is 16.5. The number of pyridine rings is 1. The zero-order valence-electron chi connectivity index (χ0n) is 19.8. The number of nitrogens with zero attached hydrogens (tertiary/aromatic N) is 3. The molecule has 0 aliphatic heterocycles. The van der Waals surface area contributed by atoms with Crippen molar-refractivity contribution in [3.63, 3.8) is 0 Å². The number of para-hydroxylation sites is 1. The monoisotopic (exact) mass is 515 g/mol. The highest BCUT2D eigenvalue weighted by Crippen LogP contribution is 2.39. The fourth-order valence-corrected chi connectivity index (χ4v) is 4.67. The van der Waals surface area contributed by atoms with Crippen LogP contribution in [0.3, 0.4) is 0 Å². The first-order valence-corrected chi connectivity index (χ1v) is 12.3. The number of fused-ring (bicyclic) bond motifs is 1. The van der Waals surface area contributed by atoms with Gasteiger partial charge in [0, 0.05) is 42.4 Å². The number of carbonyl (C=O) groups excluding carboxylic acids is 2. The van der Waals surface area contributed by atoms with Crippen LogP contribution < -0.4 is 15.4 Å². The Morgan fingerprint density at radius 2 is 1.76 bits per heavy atom. The summed E-state index contributed by atoms with van der Waals surface area (Å²) < 4.78 is 23.5. The van der Waals surface area contributed by atoms with E-state index in [-0.39, 0.29) is 11.4 Å². The minimum Gasteiger partial charge on any atom is -0.453 e. The number of nitrogens with one attached hydrogen (secondary N) is 2. The van der Waals surface area contributed by atoms with Crippen LogP contribution in [0.15, 0.2) is 79.4 Å². The number of hydrogen-bond donors (Lipinski definition) is 2. The minimum atomic E-state index is -0.657. The third-order valence-corrected chi connectivity index (χ3v) is 6.60. The molecule has 186 valence electrons. The first kappa shape index (κ1) is 24.1. The lowest BCUT2D eigenvalue weighted by molar-refractivity contribution is -0.123. The number of amides is 2. The molecule has 0 saturated carbocycles. The quantitative estimate of drug-likeness (QED) is 0.244. The Balaban J connectivity index is 1.26. The largest absolute Gasteiger partial charge is 0.453 e. The first-order valence-electron chi connectivity index (χ1n) is 11.5. The van der Waals surface area contributed by atoms with Gasteiger partial charge in [0.2, 0.25) is 11.8 Å². The summed E-state index contributed by atoms with van der Waals surface area (Å²) in [6.07, 6.45) is 4.94. The topological polar surface area (TPSA) is 98.1 Å². The van der Waals surface area contributed by atoms with Crippen molar-refractivity contribution in [1.82, 2.24) is 14.5 Å². The molecular formula is C27H22FN5O3S. The van der Waals surface area contributed by atoms with E-state index < -0.39 is 24.1 Å². The van der Waals surface area contributed by atoms with Gasteiger partial charge in [-0.15, -0.1) is 11.3 Å². The number of aromatic nitrogens is 3. The van der Waals surface area contributed by atoms with Gasteiger partial charge in [-0.2, -0.15) is 0 Å². The van der Waals surface area contributed by atoms with Gasteiger partial charge in [0.1, 0.15) is 12.2 Å². The van der Waals surface area contributed by atoms with Crippen LogP contribution in [-0.4, -0.2) is 26.3 Å². The lowest BCUT2D eigenvalue weighted by Crippen LogP contribution is -2.21. The molecule has 5 rings (SSSR count). The summed E-state index contributed by atoms with van der Waals surface area (Å²) in [5, 5.41) is 5.17. The van der Waals surface area contributed by atoms with Crippen molar-refractivity contribution in [2.75, 3.05) is 10.6 Å². The van der Waals surface area contributed by atoms with E-state index in [1.54, 1.807) is 42.9 Å². The normalized spacial score (nSPS) is 10.9. The Morgan fingerprint density at radius 3 is 2.49 bits per heavy atom. The molecule has 0 fully saturated rings. The highest BCUT2D eigenvalue weighted by molar-refractivity contribution is 7.22. The van der Waals surface area contributed by atoms with Crippen LogP contribution in [0.5, 0.6) is 11.5 Å². The number of thiophene rings is 1. The summed E-state index contributed by atoms with van der Waals surface area (Å²) in [4.78, 5) is 34.1. The molecule has 8 nitrogen and oxygen atoms in total. The van der Waals surface area contributed by atoms with Crippen molar-refractivity contribution < 1.29 is 18.7 Å². The molecule has 0 spiro atoms. The standard InChI is InChI=1S/C27H22FN5O3S/c1-2-33-15-21(30-16-33)24-13-20-27(37-24)23(10-11-29-20)36-22-9-8-18(12-19(22)28)32-26(35)14-25(34)31-17-6-4-3-5-7-17/h3-13,15-16H,2,14H2,1H3,(H,31,34)(H,32,35). The van der Waals surface area contributed by atoms with Crippen LogP contribution in [-0.2, 0) is 16.1 Å². The second-order valence-electron chi connectivity index (χ2n) is 8.11. The fraction of sp³-hybridized carbons (Fsp3) is 0.111. The summed E-state index contributed by atoms with van der Waals surface area (Å²) in [6.45, 7) is 2.86. The number of imidazole rings is 1. The van der Waals surface area contributed by atoms with Crippen molar-refractivity contribution in [2.45, 2.75) is 19.9 Å². The maximum absolute atomic E-state index is 14.9. The number of carbonyl (C=O) groups is 2. The lowest BCUT2D eigenvalue weighted by atomic mass is 10.2. The number of ether oxygens (including phenoxy) is 1. The second-order valence-corrected chi connectivity index (χ2v) is 9.16. The fourth-order valence-electron chi connectivity index (χ4n) is 3.64. The molecule has 0 aliphatic carbocycles. The summed E-state index contributed by atoms with van der Waals surface area (Å²) >= 11 is 1.46. The van der Waals surface area contributed by atoms with Crippen LogP contribution in [0.2, 0.25) is 0 Å². The Hall–Kier alpha value is -4.57. The maximum atomic E-state index is 14.9. The summed E-state index contributed by atoms with van der Waals surface area (Å²) in [5.41, 5.74) is 2.36. The van der Waals surface area contributed by atoms with Crippen LogP contribution in [0, 0.1) is 5.82 Å². The highest BCUT2D eigenvalue weighted by Gasteiger charge is 2.15. The van der Waals surface area contributed by atoms with E-state index >= 15 is 0 Å². The van der Waals surface area contributed by atoms with Gasteiger partial charge < -0.3 is 19.9 Å². The number of benzene rings is 2. The number of aryl methyl sites for hydroxylation is 1. The molecule has 0 aliphatic rings. The van der Waals surface area contributed by atoms with Crippen molar-refractivity contribution in [3.8, 4) is 22.1 Å². The molecule has 0 atom stereocenters. The molecule has 0 bridgehead atoms. The third-order valence-electron chi connectivity index (χ3n) is 5.44. The Morgan fingerprint density at radius 1 is 0.973 bits per heavy atom. The van der Waals surface area contributed by atoms with E-state index in [1.165, 1.54) is 23.5 Å². The average Bonchev–Trinajstić information content (AvgIpc) is 3.54. The maximum Gasteiger partial charge on any atom is 0.233 e. The molecule has 2 amide bonds. The van der Waals surface area contributed by atoms with E-state index in [0.29, 0.717) is 11.4 Å². The summed E-state index contributed by atoms with van der Waals surface area (Å²) in [5.74, 6) is -1.23. The van der Waals surface area contributed by atoms with Crippen molar-refractivity contribution >= 4 is 44.7 Å². The zero-order chi connectivity index (χ0) is 25.8. The van der Waals surface area contributed by atoms with E-state index in [0.717, 1.165) is 33.4 Å². The zero-order valence-corrected chi connectivity index (χ0v) is 20.6. The van der Waals surface area contributed by atoms with Crippen LogP contribution in [0.1, 0.15) is 13.3 Å². The third kappa shape index (κ3) is 5.65. The molecule has 3 heterocycles. The number of hydrogen-bond acceptors (Lipinski definition) is 6. The van der Waals surface area contributed by atoms with Crippen molar-refractivity contribution in [2.24, 2.45) is 0 Å². The lowest BCUT2D eigenvalue weighted by Gasteiger charge is -2.10. The molecule has 2 aromatic carbocycles. The Labute approximate surface area is 215 Å². The SMILES string of the molecule is CCn1cnc(-c2cc3nccc(Oc4ccc(NC(=O)CC(=O)Nc5ccccc5)cc4F)c3s2)c1. The number of anilines is 2. The predicted molar refractivity (Wildman–Crippen MR) is 141 cm³/mol. The van der Waals surface area contributed by atoms with Gasteiger partial charge in [-0.25, -0.2) is 9.37 Å². The number of halogens is 1. The van der Waals surface area contributed by atoms with E-state index in [2.05, 4.69) is 20.6 Å². The van der Waals surface area contributed by atoms with E-state index in [4.69, 9.17) is 4.74 Å². The summed E-state index contributed by atoms with van der Waals surface area (Å²) in [7, 11) is 0. The van der Waals surface area contributed by atoms with Gasteiger partial charge in [-0.3, -0.25) is 14.6 Å². The molecule has 3 aromatic heterocycles. The predicted octanol–water partition coefficient (Wildman–Crippen LogP) is 6.08. The van der Waals surface area contributed by atoms with Crippen molar-refractivity contribution in [1.29, 1.82) is 0 Å². The van der Waals surface area contributed by atoms with Crippen LogP contribution in [0.4, 0.5) is 15.8 Å². The molecule has 0 saturated heterocycles. The molecule has 0 radical (unpaired) electrons. The van der Waals surface area contributed by atoms with Gasteiger partial charge in [0.05, 0.1) is 27.1 Å². The minimum absolute atomic E-state index is 0.00229. The highest BCUT2D eigenvalue weighted by atomic mass is 32.1. The van der Waals surface area contributed by atoms with Gasteiger partial charge in [0.25, 0.3) is 0 Å². The van der Waals surface area contributed by atoms with Gasteiger partial charge in [0.15, 0.2) is 11.6 Å². The average molecular weight is 516 g/mol. The second kappa shape index (κ2) is 10.6. The molecule has 0 unspecified atom stereocenters. The molecule has 5 aromatic rings. The van der Waals surface area contributed by atoms with E-state index in [9.17, 15) is 14.0 Å². The number of rotatable bonds is 8. The van der Waals surface area contributed by atoms with Gasteiger partial charge >= 0.3 is 0 Å². The van der Waals surface area contributed by atoms with Crippen LogP contribution in [0.25, 0.3) is 20.8 Å². The van der Waals surface area contributed by atoms with E-state index in [1.807, 2.05) is 29.8 Å². The van der Waals surface area contributed by atoms with Gasteiger partial charge in [-0.05, 0) is 37.3 Å².